The Labute approximate surface area is 163 Å². The lowest BCUT2D eigenvalue weighted by molar-refractivity contribution is -0.132. The van der Waals surface area contributed by atoms with Crippen LogP contribution in [0.15, 0.2) is 55.1 Å². The van der Waals surface area contributed by atoms with Crippen molar-refractivity contribution in [2.75, 3.05) is 6.54 Å². The van der Waals surface area contributed by atoms with E-state index in [1.807, 2.05) is 30.3 Å². The number of hydrogen-bond acceptors (Lipinski definition) is 2. The zero-order chi connectivity index (χ0) is 18.7. The summed E-state index contributed by atoms with van der Waals surface area (Å²) in [7, 11) is 0. The van der Waals surface area contributed by atoms with Crippen LogP contribution in [0, 0.1) is 17.2 Å². The van der Waals surface area contributed by atoms with Crippen LogP contribution in [0.4, 0.5) is 0 Å². The van der Waals surface area contributed by atoms with Gasteiger partial charge in [0.05, 0.1) is 21.7 Å². The van der Waals surface area contributed by atoms with E-state index < -0.39 is 0 Å². The molecule has 0 bridgehead atoms. The summed E-state index contributed by atoms with van der Waals surface area (Å²) in [6.07, 6.45) is 2.49. The summed E-state index contributed by atoms with van der Waals surface area (Å²) in [5.41, 5.74) is 2.45. The van der Waals surface area contributed by atoms with Crippen LogP contribution in [0.1, 0.15) is 29.0 Å². The minimum atomic E-state index is -0.0925. The highest BCUT2D eigenvalue weighted by Gasteiger charge is 2.46. The zero-order valence-electron chi connectivity index (χ0n) is 14.2. The monoisotopic (exact) mass is 384 g/mol. The van der Waals surface area contributed by atoms with Crippen molar-refractivity contribution < 1.29 is 4.79 Å². The highest BCUT2D eigenvalue weighted by molar-refractivity contribution is 6.42. The fourth-order valence-electron chi connectivity index (χ4n) is 3.20. The van der Waals surface area contributed by atoms with E-state index in [-0.39, 0.29) is 17.7 Å². The molecular weight excluding hydrogens is 367 g/mol. The molecule has 0 saturated heterocycles. The molecule has 0 N–H and O–H groups in total. The van der Waals surface area contributed by atoms with Gasteiger partial charge >= 0.3 is 0 Å². The van der Waals surface area contributed by atoms with Crippen molar-refractivity contribution in [2.45, 2.75) is 18.9 Å². The van der Waals surface area contributed by atoms with Gasteiger partial charge in [0.25, 0.3) is 0 Å². The molecule has 26 heavy (non-hydrogen) atoms. The van der Waals surface area contributed by atoms with Gasteiger partial charge in [0.15, 0.2) is 0 Å². The SMILES string of the molecule is C=CCN(Cc1cccc(C#N)c1)C(=O)C1CC1c1cccc(Cl)c1Cl. The molecule has 1 amide bonds. The normalized spacial score (nSPS) is 18.0. The second-order valence-electron chi connectivity index (χ2n) is 6.41. The number of nitriles is 1. The molecule has 1 aliphatic rings. The van der Waals surface area contributed by atoms with Gasteiger partial charge in [-0.15, -0.1) is 6.58 Å². The molecule has 2 aromatic carbocycles. The summed E-state index contributed by atoms with van der Waals surface area (Å²) in [5.74, 6) is 0.0878. The molecule has 5 heteroatoms. The first-order chi connectivity index (χ1) is 12.5. The predicted molar refractivity (Wildman–Crippen MR) is 104 cm³/mol. The van der Waals surface area contributed by atoms with Gasteiger partial charge in [-0.2, -0.15) is 5.26 Å². The van der Waals surface area contributed by atoms with Gasteiger partial charge in [0, 0.05) is 19.0 Å². The van der Waals surface area contributed by atoms with E-state index in [0.29, 0.717) is 28.7 Å². The average molecular weight is 385 g/mol. The van der Waals surface area contributed by atoms with Gasteiger partial charge in [-0.05, 0) is 41.7 Å². The molecule has 0 spiro atoms. The number of carbonyl (C=O) groups is 1. The molecule has 0 heterocycles. The molecule has 2 aromatic rings. The van der Waals surface area contributed by atoms with Crippen molar-refractivity contribution in [1.82, 2.24) is 4.90 Å². The van der Waals surface area contributed by atoms with Gasteiger partial charge in [0.2, 0.25) is 5.91 Å². The summed E-state index contributed by atoms with van der Waals surface area (Å²) in [6.45, 7) is 4.67. The van der Waals surface area contributed by atoms with Crippen molar-refractivity contribution in [1.29, 1.82) is 5.26 Å². The van der Waals surface area contributed by atoms with E-state index in [4.69, 9.17) is 28.5 Å². The van der Waals surface area contributed by atoms with Crippen molar-refractivity contribution in [3.8, 4) is 6.07 Å². The van der Waals surface area contributed by atoms with Crippen LogP contribution in [-0.2, 0) is 11.3 Å². The third kappa shape index (κ3) is 3.93. The Bertz CT molecular complexity index is 888. The van der Waals surface area contributed by atoms with Crippen LogP contribution in [0.25, 0.3) is 0 Å². The van der Waals surface area contributed by atoms with Gasteiger partial charge in [0.1, 0.15) is 0 Å². The van der Waals surface area contributed by atoms with Crippen LogP contribution in [0.3, 0.4) is 0 Å². The maximum Gasteiger partial charge on any atom is 0.226 e. The molecule has 1 aliphatic carbocycles. The maximum absolute atomic E-state index is 13.0. The molecule has 3 nitrogen and oxygen atoms in total. The van der Waals surface area contributed by atoms with Gasteiger partial charge in [-0.3, -0.25) is 4.79 Å². The maximum atomic E-state index is 13.0. The molecule has 0 aromatic heterocycles. The number of nitrogens with zero attached hydrogens (tertiary/aromatic N) is 2. The number of carbonyl (C=O) groups excluding carboxylic acids is 1. The molecule has 0 aliphatic heterocycles. The number of benzene rings is 2. The Hall–Kier alpha value is -2.28. The minimum Gasteiger partial charge on any atom is -0.334 e. The standard InChI is InChI=1S/C21H18Cl2N2O/c1-2-9-25(13-15-6-3-5-14(10-15)12-24)21(26)18-11-17(18)16-7-4-8-19(22)20(16)23/h2-8,10,17-18H,1,9,11,13H2. The minimum absolute atomic E-state index is 0.0771. The number of amides is 1. The van der Waals surface area contributed by atoms with Crippen LogP contribution in [0.2, 0.25) is 10.0 Å². The Kier molecular flexibility index (Phi) is 5.66. The van der Waals surface area contributed by atoms with Crippen LogP contribution in [0.5, 0.6) is 0 Å². The number of hydrogen-bond donors (Lipinski definition) is 0. The molecular formula is C21H18Cl2N2O. The van der Waals surface area contributed by atoms with E-state index in [1.165, 1.54) is 0 Å². The quantitative estimate of drug-likeness (QED) is 0.643. The van der Waals surface area contributed by atoms with Crippen molar-refractivity contribution in [3.05, 3.63) is 81.9 Å². The fourth-order valence-corrected chi connectivity index (χ4v) is 3.65. The van der Waals surface area contributed by atoms with E-state index in [2.05, 4.69) is 12.6 Å². The topological polar surface area (TPSA) is 44.1 Å². The molecule has 0 radical (unpaired) electrons. The Morgan fingerprint density at radius 2 is 2.08 bits per heavy atom. The van der Waals surface area contributed by atoms with Gasteiger partial charge < -0.3 is 4.90 Å². The van der Waals surface area contributed by atoms with Crippen LogP contribution < -0.4 is 0 Å². The number of halogens is 2. The average Bonchev–Trinajstić information content (AvgIpc) is 3.44. The Morgan fingerprint density at radius 1 is 1.31 bits per heavy atom. The molecule has 3 rings (SSSR count). The lowest BCUT2D eigenvalue weighted by Crippen LogP contribution is -2.32. The fraction of sp³-hybridized carbons (Fsp3) is 0.238. The molecule has 2 unspecified atom stereocenters. The summed E-state index contributed by atoms with van der Waals surface area (Å²) in [6, 6.07) is 15.0. The largest absolute Gasteiger partial charge is 0.334 e. The summed E-state index contributed by atoms with van der Waals surface area (Å²) in [4.78, 5) is 14.7. The van der Waals surface area contributed by atoms with Gasteiger partial charge in [-0.1, -0.05) is 53.5 Å². The van der Waals surface area contributed by atoms with E-state index in [0.717, 1.165) is 17.5 Å². The lowest BCUT2D eigenvalue weighted by atomic mass is 10.1. The Balaban J connectivity index is 1.75. The zero-order valence-corrected chi connectivity index (χ0v) is 15.7. The molecule has 1 fully saturated rings. The lowest BCUT2D eigenvalue weighted by Gasteiger charge is -2.22. The van der Waals surface area contributed by atoms with Crippen LogP contribution in [-0.4, -0.2) is 17.4 Å². The molecule has 132 valence electrons. The number of rotatable bonds is 6. The van der Waals surface area contributed by atoms with Crippen molar-refractivity contribution in [3.63, 3.8) is 0 Å². The molecule has 2 atom stereocenters. The van der Waals surface area contributed by atoms with Crippen molar-refractivity contribution >= 4 is 29.1 Å². The van der Waals surface area contributed by atoms with Crippen LogP contribution >= 0.6 is 23.2 Å². The summed E-state index contributed by atoms with van der Waals surface area (Å²) < 4.78 is 0. The Morgan fingerprint density at radius 3 is 2.81 bits per heavy atom. The van der Waals surface area contributed by atoms with E-state index in [1.54, 1.807) is 23.1 Å². The first-order valence-electron chi connectivity index (χ1n) is 8.37. The van der Waals surface area contributed by atoms with Crippen molar-refractivity contribution in [2.24, 2.45) is 5.92 Å². The third-order valence-corrected chi connectivity index (χ3v) is 5.41. The summed E-state index contributed by atoms with van der Waals surface area (Å²) in [5, 5.41) is 10.1. The molecule has 1 saturated carbocycles. The highest BCUT2D eigenvalue weighted by Crippen LogP contribution is 2.51. The van der Waals surface area contributed by atoms with Gasteiger partial charge in [-0.25, -0.2) is 0 Å². The second kappa shape index (κ2) is 7.95. The predicted octanol–water partition coefficient (Wildman–Crippen LogP) is 5.18. The first-order valence-corrected chi connectivity index (χ1v) is 9.13. The highest BCUT2D eigenvalue weighted by atomic mass is 35.5. The summed E-state index contributed by atoms with van der Waals surface area (Å²) >= 11 is 12.4. The first kappa shape index (κ1) is 18.5. The smallest absolute Gasteiger partial charge is 0.226 e. The van der Waals surface area contributed by atoms with E-state index in [9.17, 15) is 4.79 Å². The van der Waals surface area contributed by atoms with E-state index >= 15 is 0 Å². The second-order valence-corrected chi connectivity index (χ2v) is 7.20. The third-order valence-electron chi connectivity index (χ3n) is 4.58.